The zero-order valence-electron chi connectivity index (χ0n) is 14.2. The summed E-state index contributed by atoms with van der Waals surface area (Å²) >= 11 is 0. The number of para-hydroxylation sites is 1. The summed E-state index contributed by atoms with van der Waals surface area (Å²) in [6, 6.07) is 13.7. The van der Waals surface area contributed by atoms with Crippen molar-refractivity contribution < 1.29 is 40.6 Å². The Balaban J connectivity index is 0.00000261. The molecule has 0 bridgehead atoms. The fourth-order valence-corrected chi connectivity index (χ4v) is 2.85. The number of hydrogen-bond donors (Lipinski definition) is 5. The highest BCUT2D eigenvalue weighted by atomic mass is 16.7. The summed E-state index contributed by atoms with van der Waals surface area (Å²) in [5.74, 6) is 0.347. The fraction of sp³-hybridized carbons (Fsp3) is 0.333. The lowest BCUT2D eigenvalue weighted by molar-refractivity contribution is -0.379. The van der Waals surface area contributed by atoms with Gasteiger partial charge < -0.3 is 35.4 Å². The first-order valence-electron chi connectivity index (χ1n) is 8.10. The minimum Gasteiger partial charge on any atom is -0.870 e. The van der Waals surface area contributed by atoms with Crippen molar-refractivity contribution in [2.24, 2.45) is 0 Å². The molecule has 1 fully saturated rings. The molecule has 1 saturated heterocycles. The van der Waals surface area contributed by atoms with E-state index < -0.39 is 37.3 Å². The highest BCUT2D eigenvalue weighted by molar-refractivity contribution is 5.72. The molecule has 9 nitrogen and oxygen atoms in total. The van der Waals surface area contributed by atoms with E-state index >= 15 is 0 Å². The second kappa shape index (κ2) is 9.00. The van der Waals surface area contributed by atoms with Crippen molar-refractivity contribution in [3.8, 4) is 16.9 Å². The molecule has 0 amide bonds. The Morgan fingerprint density at radius 3 is 2.44 bits per heavy atom. The zero-order valence-corrected chi connectivity index (χ0v) is 14.2. The van der Waals surface area contributed by atoms with Crippen LogP contribution in [0.2, 0.25) is 0 Å². The van der Waals surface area contributed by atoms with Gasteiger partial charge in [0, 0.05) is 27.8 Å². The lowest BCUT2D eigenvalue weighted by Gasteiger charge is -2.39. The van der Waals surface area contributed by atoms with Crippen LogP contribution in [0, 0.1) is 4.91 Å². The van der Waals surface area contributed by atoms with Gasteiger partial charge in [0.05, 0.1) is 6.61 Å². The van der Waals surface area contributed by atoms with E-state index in [4.69, 9.17) is 9.47 Å². The van der Waals surface area contributed by atoms with Gasteiger partial charge >= 0.3 is 0 Å². The molecule has 1 aliphatic rings. The fourth-order valence-electron chi connectivity index (χ4n) is 2.85. The van der Waals surface area contributed by atoms with Crippen molar-refractivity contribution in [2.75, 3.05) is 6.61 Å². The van der Waals surface area contributed by atoms with Crippen LogP contribution in [0.25, 0.3) is 11.1 Å². The summed E-state index contributed by atoms with van der Waals surface area (Å²) in [6.07, 6.45) is -6.82. The summed E-state index contributed by atoms with van der Waals surface area (Å²) in [7, 11) is 0. The molecule has 2 aromatic carbocycles. The molecule has 0 aromatic heterocycles. The van der Waals surface area contributed by atoms with Crippen LogP contribution in [0.5, 0.6) is 5.75 Å². The smallest absolute Gasteiger partial charge is 0.253 e. The molecule has 146 valence electrons. The van der Waals surface area contributed by atoms with Crippen LogP contribution < -0.4 is 9.91 Å². The van der Waals surface area contributed by atoms with E-state index in [1.165, 1.54) is 0 Å². The molecule has 0 saturated carbocycles. The number of aliphatic hydroxyl groups is 4. The van der Waals surface area contributed by atoms with E-state index in [1.807, 2.05) is 5.18 Å². The second-order valence-corrected chi connectivity index (χ2v) is 5.99. The largest absolute Gasteiger partial charge is 0.870 e. The molecule has 0 spiro atoms. The molecule has 6 N–H and O–H groups in total. The Morgan fingerprint density at radius 1 is 1.00 bits per heavy atom. The number of aliphatic hydroxyl groups excluding tert-OH is 4. The van der Waals surface area contributed by atoms with Gasteiger partial charge in [0.15, 0.2) is 0 Å². The molecule has 0 radical (unpaired) electrons. The van der Waals surface area contributed by atoms with Crippen LogP contribution in [0.15, 0.2) is 48.5 Å². The van der Waals surface area contributed by atoms with Gasteiger partial charge in [-0.2, -0.15) is 0 Å². The van der Waals surface area contributed by atoms with E-state index in [-0.39, 0.29) is 5.48 Å². The second-order valence-electron chi connectivity index (χ2n) is 5.99. The standard InChI is InChI=1S/C18H19NO7.H2O/c20-9-14-15(21)16(22)17(23)18(26-14)25-13-7-2-1-6-12(13)10-4-3-5-11(8-10)19-24;/h1-8,14-18,20-23H,9H2;1H2/t14-,15+,16+,17-,18-;/m1./s1. The van der Waals surface area contributed by atoms with Crippen molar-refractivity contribution in [1.82, 2.24) is 0 Å². The Hall–Kier alpha value is -2.40. The van der Waals surface area contributed by atoms with Crippen LogP contribution >= 0.6 is 0 Å². The van der Waals surface area contributed by atoms with Crippen LogP contribution in [0.1, 0.15) is 0 Å². The molecule has 5 atom stereocenters. The first kappa shape index (κ1) is 20.9. The Morgan fingerprint density at radius 2 is 1.74 bits per heavy atom. The van der Waals surface area contributed by atoms with Gasteiger partial charge in [-0.05, 0) is 11.6 Å². The predicted molar refractivity (Wildman–Crippen MR) is 92.2 cm³/mol. The summed E-state index contributed by atoms with van der Waals surface area (Å²) in [4.78, 5) is 10.9. The van der Waals surface area contributed by atoms with E-state index in [1.54, 1.807) is 48.5 Å². The third-order valence-corrected chi connectivity index (χ3v) is 4.27. The van der Waals surface area contributed by atoms with Crippen molar-refractivity contribution >= 4 is 5.69 Å². The van der Waals surface area contributed by atoms with Crippen molar-refractivity contribution in [1.29, 1.82) is 0 Å². The highest BCUT2D eigenvalue weighted by Gasteiger charge is 2.44. The number of rotatable bonds is 5. The monoisotopic (exact) mass is 379 g/mol. The third-order valence-electron chi connectivity index (χ3n) is 4.27. The van der Waals surface area contributed by atoms with Crippen molar-refractivity contribution in [3.63, 3.8) is 0 Å². The van der Waals surface area contributed by atoms with Crippen LogP contribution in [0.4, 0.5) is 5.69 Å². The normalized spacial score (nSPS) is 27.5. The molecule has 1 aliphatic heterocycles. The number of hydrogen-bond acceptors (Lipinski definition) is 8. The maximum atomic E-state index is 10.9. The van der Waals surface area contributed by atoms with Crippen LogP contribution in [0.3, 0.4) is 0 Å². The maximum Gasteiger partial charge on any atom is 0.253 e. The highest BCUT2D eigenvalue weighted by Crippen LogP contribution is 2.33. The SMILES string of the molecule is O=[NH+]c1cccc(-c2ccccc2O[C@@H]2O[C@H](CO)[C@H](O)[C@H](O)[C@H]2O)c1.[OH-]. The molecule has 9 heteroatoms. The van der Waals surface area contributed by atoms with Gasteiger partial charge in [0.1, 0.15) is 30.2 Å². The number of ether oxygens (including phenoxy) is 2. The number of nitrogens with one attached hydrogen (secondary N) is 1. The van der Waals surface area contributed by atoms with Crippen molar-refractivity contribution in [3.05, 3.63) is 53.4 Å². The molecule has 0 unspecified atom stereocenters. The molecular weight excluding hydrogens is 358 g/mol. The van der Waals surface area contributed by atoms with Gasteiger partial charge in [-0.15, -0.1) is 0 Å². The van der Waals surface area contributed by atoms with E-state index in [9.17, 15) is 25.3 Å². The third kappa shape index (κ3) is 4.30. The summed E-state index contributed by atoms with van der Waals surface area (Å²) in [5, 5.41) is 41.0. The summed E-state index contributed by atoms with van der Waals surface area (Å²) in [5.41, 5.74) is 1.72. The summed E-state index contributed by atoms with van der Waals surface area (Å²) in [6.45, 7) is -0.538. The predicted octanol–water partition coefficient (Wildman–Crippen LogP) is -1.17. The van der Waals surface area contributed by atoms with Gasteiger partial charge in [-0.1, -0.05) is 30.3 Å². The lowest BCUT2D eigenvalue weighted by atomic mass is 9.99. The topological polar surface area (TPSA) is 160 Å². The van der Waals surface area contributed by atoms with E-state index in [0.717, 1.165) is 0 Å². The molecule has 0 aliphatic carbocycles. The zero-order chi connectivity index (χ0) is 18.7. The van der Waals surface area contributed by atoms with Gasteiger partial charge in [-0.3, -0.25) is 0 Å². The van der Waals surface area contributed by atoms with E-state index in [2.05, 4.69) is 0 Å². The van der Waals surface area contributed by atoms with Crippen LogP contribution in [-0.2, 0) is 4.74 Å². The average Bonchev–Trinajstić information content (AvgIpc) is 2.68. The van der Waals surface area contributed by atoms with Gasteiger partial charge in [0.2, 0.25) is 6.29 Å². The molecule has 3 rings (SSSR count). The quantitative estimate of drug-likeness (QED) is 0.434. The van der Waals surface area contributed by atoms with E-state index in [0.29, 0.717) is 22.6 Å². The van der Waals surface area contributed by atoms with Crippen LogP contribution in [-0.4, -0.2) is 63.2 Å². The minimum atomic E-state index is -1.52. The molecule has 1 heterocycles. The number of benzene rings is 2. The van der Waals surface area contributed by atoms with Gasteiger partial charge in [0.25, 0.3) is 5.69 Å². The minimum absolute atomic E-state index is 0. The maximum absolute atomic E-state index is 10.9. The Kier molecular flexibility index (Phi) is 6.97. The molecule has 2 aromatic rings. The van der Waals surface area contributed by atoms with Crippen molar-refractivity contribution in [2.45, 2.75) is 30.7 Å². The first-order chi connectivity index (χ1) is 12.5. The summed E-state index contributed by atoms with van der Waals surface area (Å²) < 4.78 is 11.1. The first-order valence-corrected chi connectivity index (χ1v) is 8.10. The number of nitroso groups, excluding NO2 is 1. The Labute approximate surface area is 154 Å². The molecule has 27 heavy (non-hydrogen) atoms. The average molecular weight is 379 g/mol. The lowest BCUT2D eigenvalue weighted by Crippen LogP contribution is -2.60. The Bertz CT molecular complexity index is 769. The van der Waals surface area contributed by atoms with Gasteiger partial charge in [-0.25, -0.2) is 0 Å². The molecular formula is C18H21NO8.